The van der Waals surface area contributed by atoms with Crippen LogP contribution in [0.15, 0.2) is 30.3 Å². The lowest BCUT2D eigenvalue weighted by Crippen LogP contribution is -2.14. The summed E-state index contributed by atoms with van der Waals surface area (Å²) in [5, 5.41) is 0.632. The summed E-state index contributed by atoms with van der Waals surface area (Å²) < 4.78 is 24.3. The molecule has 0 heterocycles. The summed E-state index contributed by atoms with van der Waals surface area (Å²) in [7, 11) is -1.50. The van der Waals surface area contributed by atoms with Gasteiger partial charge in [0.1, 0.15) is 11.7 Å². The summed E-state index contributed by atoms with van der Waals surface area (Å²) in [5.41, 5.74) is 0. The van der Waals surface area contributed by atoms with Crippen molar-refractivity contribution in [1.29, 1.82) is 0 Å². The van der Waals surface area contributed by atoms with Gasteiger partial charge in [0, 0.05) is 13.3 Å². The first kappa shape index (κ1) is 19.7. The minimum atomic E-state index is -2.97. The first-order chi connectivity index (χ1) is 11.2. The Morgan fingerprint density at radius 3 is 2.65 bits per heavy atom. The van der Waals surface area contributed by atoms with Gasteiger partial charge in [0.25, 0.3) is 0 Å². The van der Waals surface area contributed by atoms with E-state index in [1.807, 2.05) is 18.2 Å². The Morgan fingerprint density at radius 1 is 1.17 bits per heavy atom. The van der Waals surface area contributed by atoms with E-state index in [4.69, 9.17) is 9.26 Å². The van der Waals surface area contributed by atoms with Crippen molar-refractivity contribution in [3.05, 3.63) is 30.3 Å². The standard InChI is InChI=1S/C18H27O4P/c1-3-4-5-10-15-22-17-12-7-8-13-18(17)23(20,21-2)16-11-6-9-14-19/h7-9,12-13H,3-6,10-11,15-16H2,1-2H3. The van der Waals surface area contributed by atoms with Crippen molar-refractivity contribution in [3.8, 4) is 5.75 Å². The monoisotopic (exact) mass is 338 g/mol. The summed E-state index contributed by atoms with van der Waals surface area (Å²) >= 11 is 0. The number of allylic oxidation sites excluding steroid dienone is 1. The number of para-hydroxylation sites is 1. The number of hydrogen-bond acceptors (Lipinski definition) is 4. The molecule has 0 bridgehead atoms. The second kappa shape index (κ2) is 11.2. The molecule has 5 heteroatoms. The SMILES string of the molecule is CCCCCCOc1ccccc1P(=O)(CCCC=C=O)OC. The molecule has 23 heavy (non-hydrogen) atoms. The molecule has 0 spiro atoms. The Morgan fingerprint density at radius 2 is 1.96 bits per heavy atom. The number of carbonyl (C=O) groups excluding carboxylic acids is 1. The van der Waals surface area contributed by atoms with Crippen LogP contribution in [0.2, 0.25) is 0 Å². The zero-order valence-corrected chi connectivity index (χ0v) is 15.0. The number of unbranched alkanes of at least 4 members (excludes halogenated alkanes) is 4. The number of hydrogen-bond donors (Lipinski definition) is 0. The van der Waals surface area contributed by atoms with Crippen molar-refractivity contribution in [2.24, 2.45) is 0 Å². The van der Waals surface area contributed by atoms with Gasteiger partial charge < -0.3 is 9.26 Å². The van der Waals surface area contributed by atoms with Crippen molar-refractivity contribution in [2.75, 3.05) is 19.9 Å². The van der Waals surface area contributed by atoms with Gasteiger partial charge in [0.2, 0.25) is 7.37 Å². The Kier molecular flexibility index (Phi) is 9.63. The molecule has 0 N–H and O–H groups in total. The maximum absolute atomic E-state index is 13.1. The zero-order valence-electron chi connectivity index (χ0n) is 14.1. The first-order valence-corrected chi connectivity index (χ1v) is 10.1. The predicted octanol–water partition coefficient (Wildman–Crippen LogP) is 4.36. The summed E-state index contributed by atoms with van der Waals surface area (Å²) in [6.45, 7) is 2.79. The molecule has 0 amide bonds. The molecule has 0 aliphatic heterocycles. The van der Waals surface area contributed by atoms with Crippen molar-refractivity contribution in [2.45, 2.75) is 45.4 Å². The molecular weight excluding hydrogens is 311 g/mol. The molecule has 0 aromatic heterocycles. The van der Waals surface area contributed by atoms with Gasteiger partial charge in [0.15, 0.2) is 0 Å². The lowest BCUT2D eigenvalue weighted by atomic mass is 10.2. The fourth-order valence-corrected chi connectivity index (χ4v) is 4.35. The minimum absolute atomic E-state index is 0.387. The Labute approximate surface area is 139 Å². The van der Waals surface area contributed by atoms with Gasteiger partial charge in [-0.15, -0.1) is 0 Å². The van der Waals surface area contributed by atoms with Crippen LogP contribution in [0, 0.1) is 0 Å². The highest BCUT2D eigenvalue weighted by molar-refractivity contribution is 7.67. The van der Waals surface area contributed by atoms with Gasteiger partial charge >= 0.3 is 0 Å². The van der Waals surface area contributed by atoms with E-state index in [0.29, 0.717) is 36.7 Å². The molecule has 1 unspecified atom stereocenters. The molecule has 4 nitrogen and oxygen atoms in total. The molecule has 0 aliphatic carbocycles. The van der Waals surface area contributed by atoms with Gasteiger partial charge in [-0.3, -0.25) is 4.57 Å². The average Bonchev–Trinajstić information content (AvgIpc) is 2.59. The Bertz CT molecular complexity index is 550. The lowest BCUT2D eigenvalue weighted by Gasteiger charge is -2.19. The van der Waals surface area contributed by atoms with Crippen LogP contribution in [-0.4, -0.2) is 25.8 Å². The smallest absolute Gasteiger partial charge is 0.235 e. The van der Waals surface area contributed by atoms with Crippen molar-refractivity contribution >= 4 is 18.6 Å². The zero-order chi connectivity index (χ0) is 17.0. The van der Waals surface area contributed by atoms with E-state index in [-0.39, 0.29) is 0 Å². The second-order valence-electron chi connectivity index (χ2n) is 5.42. The fourth-order valence-electron chi connectivity index (χ4n) is 2.34. The van der Waals surface area contributed by atoms with Gasteiger partial charge in [0.05, 0.1) is 11.9 Å². The van der Waals surface area contributed by atoms with Crippen molar-refractivity contribution < 1.29 is 18.6 Å². The summed E-state index contributed by atoms with van der Waals surface area (Å²) in [4.78, 5) is 10.2. The molecule has 0 aliphatic rings. The maximum Gasteiger partial charge on any atom is 0.235 e. The van der Waals surface area contributed by atoms with E-state index in [0.717, 1.165) is 12.8 Å². The van der Waals surface area contributed by atoms with E-state index in [1.54, 1.807) is 12.0 Å². The van der Waals surface area contributed by atoms with Gasteiger partial charge in [-0.25, -0.2) is 4.79 Å². The molecule has 1 aromatic rings. The minimum Gasteiger partial charge on any atom is -0.493 e. The van der Waals surface area contributed by atoms with E-state index >= 15 is 0 Å². The molecule has 0 fully saturated rings. The lowest BCUT2D eigenvalue weighted by molar-refractivity contribution is 0.306. The number of benzene rings is 1. The third-order valence-electron chi connectivity index (χ3n) is 3.67. The molecular formula is C18H27O4P. The molecule has 1 rings (SSSR count). The molecule has 1 atom stereocenters. The number of rotatable bonds is 12. The van der Waals surface area contributed by atoms with Crippen LogP contribution < -0.4 is 10.0 Å². The van der Waals surface area contributed by atoms with Crippen molar-refractivity contribution in [3.63, 3.8) is 0 Å². The quantitative estimate of drug-likeness (QED) is 0.323. The first-order valence-electron chi connectivity index (χ1n) is 8.24. The average molecular weight is 338 g/mol. The predicted molar refractivity (Wildman–Crippen MR) is 94.7 cm³/mol. The van der Waals surface area contributed by atoms with Crippen LogP contribution in [0.4, 0.5) is 0 Å². The summed E-state index contributed by atoms with van der Waals surface area (Å²) in [6.07, 6.45) is 7.48. The van der Waals surface area contributed by atoms with Crippen LogP contribution in [0.5, 0.6) is 5.75 Å². The van der Waals surface area contributed by atoms with Crippen LogP contribution in [0.3, 0.4) is 0 Å². The Hall–Kier alpha value is -1.34. The molecule has 128 valence electrons. The summed E-state index contributed by atoms with van der Waals surface area (Å²) in [6, 6.07) is 7.36. The van der Waals surface area contributed by atoms with Gasteiger partial charge in [-0.1, -0.05) is 38.3 Å². The third-order valence-corrected chi connectivity index (χ3v) is 6.27. The highest BCUT2D eigenvalue weighted by Crippen LogP contribution is 2.48. The summed E-state index contributed by atoms with van der Waals surface area (Å²) in [5.74, 6) is 2.38. The molecule has 1 aromatic carbocycles. The van der Waals surface area contributed by atoms with Gasteiger partial charge in [-0.2, -0.15) is 0 Å². The van der Waals surface area contributed by atoms with E-state index in [1.165, 1.54) is 26.0 Å². The molecule has 0 radical (unpaired) electrons. The fraction of sp³-hybridized carbons (Fsp3) is 0.556. The van der Waals surface area contributed by atoms with Crippen LogP contribution in [-0.2, 0) is 13.9 Å². The van der Waals surface area contributed by atoms with E-state index in [9.17, 15) is 9.36 Å². The van der Waals surface area contributed by atoms with E-state index in [2.05, 4.69) is 6.92 Å². The highest BCUT2D eigenvalue weighted by atomic mass is 31.2. The van der Waals surface area contributed by atoms with Crippen LogP contribution in [0.1, 0.15) is 45.4 Å². The third kappa shape index (κ3) is 6.74. The molecule has 0 saturated carbocycles. The van der Waals surface area contributed by atoms with Gasteiger partial charge in [-0.05, 0) is 37.5 Å². The largest absolute Gasteiger partial charge is 0.493 e. The van der Waals surface area contributed by atoms with Crippen LogP contribution >= 0.6 is 7.37 Å². The van der Waals surface area contributed by atoms with Crippen molar-refractivity contribution in [1.82, 2.24) is 0 Å². The van der Waals surface area contributed by atoms with Crippen LogP contribution in [0.25, 0.3) is 0 Å². The maximum atomic E-state index is 13.1. The Balaban J connectivity index is 2.75. The second-order valence-corrected chi connectivity index (χ2v) is 8.06. The normalized spacial score (nSPS) is 13.1. The topological polar surface area (TPSA) is 52.6 Å². The number of ether oxygens (including phenoxy) is 1. The highest BCUT2D eigenvalue weighted by Gasteiger charge is 2.27. The molecule has 0 saturated heterocycles. The van der Waals surface area contributed by atoms with E-state index < -0.39 is 7.37 Å².